The fraction of sp³-hybridized carbons (Fsp3) is 0.0435. The van der Waals surface area contributed by atoms with Crippen molar-refractivity contribution in [3.63, 3.8) is 0 Å². The summed E-state index contributed by atoms with van der Waals surface area (Å²) in [6.45, 7) is 1.83. The van der Waals surface area contributed by atoms with E-state index in [1.54, 1.807) is 42.5 Å². The maximum atomic E-state index is 13.3. The summed E-state index contributed by atoms with van der Waals surface area (Å²) < 4.78 is 19.1. The Labute approximate surface area is 160 Å². The number of amides is 1. The van der Waals surface area contributed by atoms with Crippen LogP contribution in [0.1, 0.15) is 32.0 Å². The SMILES string of the molecule is Cc1c(C(=O)c2ccccc2)oc2cc(NC(=O)c3cccc(F)c3)ccc12. The Morgan fingerprint density at radius 1 is 0.893 bits per heavy atom. The quantitative estimate of drug-likeness (QED) is 0.490. The van der Waals surface area contributed by atoms with Crippen LogP contribution in [0, 0.1) is 12.7 Å². The molecular weight excluding hydrogens is 357 g/mol. The lowest BCUT2D eigenvalue weighted by Crippen LogP contribution is -2.11. The van der Waals surface area contributed by atoms with E-state index in [1.807, 2.05) is 13.0 Å². The molecule has 5 heteroatoms. The first-order valence-corrected chi connectivity index (χ1v) is 8.73. The van der Waals surface area contributed by atoms with Gasteiger partial charge < -0.3 is 9.73 Å². The Hall–Kier alpha value is -3.73. The average molecular weight is 373 g/mol. The van der Waals surface area contributed by atoms with E-state index in [-0.39, 0.29) is 17.1 Å². The van der Waals surface area contributed by atoms with Crippen molar-refractivity contribution in [2.75, 3.05) is 5.32 Å². The minimum absolute atomic E-state index is 0.195. The third kappa shape index (κ3) is 3.30. The molecule has 0 fully saturated rings. The van der Waals surface area contributed by atoms with Crippen LogP contribution < -0.4 is 5.32 Å². The van der Waals surface area contributed by atoms with Crippen molar-refractivity contribution in [3.05, 3.63) is 101 Å². The molecule has 0 aliphatic heterocycles. The summed E-state index contributed by atoms with van der Waals surface area (Å²) in [6.07, 6.45) is 0. The van der Waals surface area contributed by atoms with Crippen molar-refractivity contribution in [1.29, 1.82) is 0 Å². The topological polar surface area (TPSA) is 59.3 Å². The van der Waals surface area contributed by atoms with Crippen molar-refractivity contribution < 1.29 is 18.4 Å². The van der Waals surface area contributed by atoms with Crippen LogP contribution in [0.3, 0.4) is 0 Å². The summed E-state index contributed by atoms with van der Waals surface area (Å²) in [4.78, 5) is 25.0. The van der Waals surface area contributed by atoms with Gasteiger partial charge in [0, 0.05) is 33.8 Å². The van der Waals surface area contributed by atoms with Gasteiger partial charge in [-0.05, 0) is 37.3 Å². The van der Waals surface area contributed by atoms with Gasteiger partial charge in [0.2, 0.25) is 5.78 Å². The molecule has 1 heterocycles. The zero-order valence-electron chi connectivity index (χ0n) is 15.0. The minimum atomic E-state index is -0.478. The monoisotopic (exact) mass is 373 g/mol. The number of halogens is 1. The van der Waals surface area contributed by atoms with Crippen molar-refractivity contribution in [2.45, 2.75) is 6.92 Å². The highest BCUT2D eigenvalue weighted by Gasteiger charge is 2.19. The number of hydrogen-bond donors (Lipinski definition) is 1. The lowest BCUT2D eigenvalue weighted by atomic mass is 10.0. The number of rotatable bonds is 4. The van der Waals surface area contributed by atoms with E-state index in [2.05, 4.69) is 5.32 Å². The van der Waals surface area contributed by atoms with Gasteiger partial charge >= 0.3 is 0 Å². The smallest absolute Gasteiger partial charge is 0.255 e. The second-order valence-electron chi connectivity index (χ2n) is 6.43. The normalized spacial score (nSPS) is 10.8. The van der Waals surface area contributed by atoms with Crippen molar-refractivity contribution in [1.82, 2.24) is 0 Å². The summed E-state index contributed by atoms with van der Waals surface area (Å²) in [7, 11) is 0. The number of furan rings is 1. The van der Waals surface area contributed by atoms with Gasteiger partial charge in [0.05, 0.1) is 0 Å². The highest BCUT2D eigenvalue weighted by molar-refractivity contribution is 6.11. The van der Waals surface area contributed by atoms with Crippen LogP contribution in [0.2, 0.25) is 0 Å². The van der Waals surface area contributed by atoms with Crippen LogP contribution in [0.15, 0.2) is 77.2 Å². The number of ketones is 1. The van der Waals surface area contributed by atoms with E-state index in [9.17, 15) is 14.0 Å². The van der Waals surface area contributed by atoms with E-state index in [0.717, 1.165) is 10.9 Å². The van der Waals surface area contributed by atoms with Gasteiger partial charge in [0.1, 0.15) is 11.4 Å². The van der Waals surface area contributed by atoms with E-state index >= 15 is 0 Å². The van der Waals surface area contributed by atoms with Crippen molar-refractivity contribution in [3.8, 4) is 0 Å². The zero-order chi connectivity index (χ0) is 19.7. The Morgan fingerprint density at radius 2 is 1.64 bits per heavy atom. The molecule has 0 bridgehead atoms. The van der Waals surface area contributed by atoms with Crippen LogP contribution in [0.5, 0.6) is 0 Å². The maximum Gasteiger partial charge on any atom is 0.255 e. The standard InChI is InChI=1S/C23H16FNO3/c1-14-19-11-10-18(25-23(27)16-8-5-9-17(24)12-16)13-20(19)28-22(14)21(26)15-6-3-2-4-7-15/h2-13H,1H3,(H,25,27). The third-order valence-electron chi connectivity index (χ3n) is 4.53. The van der Waals surface area contributed by atoms with E-state index in [1.165, 1.54) is 24.3 Å². The predicted molar refractivity (Wildman–Crippen MR) is 105 cm³/mol. The maximum absolute atomic E-state index is 13.3. The molecule has 4 nitrogen and oxygen atoms in total. The van der Waals surface area contributed by atoms with Crippen LogP contribution >= 0.6 is 0 Å². The predicted octanol–water partition coefficient (Wildman–Crippen LogP) is 5.36. The molecule has 0 aliphatic carbocycles. The summed E-state index contributed by atoms with van der Waals surface area (Å²) >= 11 is 0. The fourth-order valence-corrected chi connectivity index (χ4v) is 3.07. The highest BCUT2D eigenvalue weighted by Crippen LogP contribution is 2.29. The molecule has 0 unspecified atom stereocenters. The van der Waals surface area contributed by atoms with Crippen LogP contribution in [0.25, 0.3) is 11.0 Å². The van der Waals surface area contributed by atoms with Gasteiger partial charge in [-0.25, -0.2) is 4.39 Å². The number of benzene rings is 3. The molecule has 4 rings (SSSR count). The molecular formula is C23H16FNO3. The molecule has 0 spiro atoms. The van der Waals surface area contributed by atoms with Gasteiger partial charge in [-0.15, -0.1) is 0 Å². The number of anilines is 1. The lowest BCUT2D eigenvalue weighted by Gasteiger charge is -2.05. The van der Waals surface area contributed by atoms with E-state index in [4.69, 9.17) is 4.42 Å². The number of carbonyl (C=O) groups is 2. The first-order chi connectivity index (χ1) is 13.5. The first kappa shape index (κ1) is 17.7. The molecule has 0 aliphatic rings. The van der Waals surface area contributed by atoms with Crippen molar-refractivity contribution >= 4 is 28.3 Å². The number of nitrogens with one attached hydrogen (secondary N) is 1. The molecule has 1 amide bonds. The van der Waals surface area contributed by atoms with Crippen molar-refractivity contribution in [2.24, 2.45) is 0 Å². The molecule has 0 saturated heterocycles. The molecule has 0 radical (unpaired) electrons. The van der Waals surface area contributed by atoms with Gasteiger partial charge in [-0.2, -0.15) is 0 Å². The zero-order valence-corrected chi connectivity index (χ0v) is 15.0. The Kier molecular flexibility index (Phi) is 4.49. The van der Waals surface area contributed by atoms with Gasteiger partial charge in [-0.1, -0.05) is 36.4 Å². The number of aryl methyl sites for hydroxylation is 1. The van der Waals surface area contributed by atoms with Crippen LogP contribution in [-0.2, 0) is 0 Å². The lowest BCUT2D eigenvalue weighted by molar-refractivity contribution is 0.101. The van der Waals surface area contributed by atoms with Crippen LogP contribution in [0.4, 0.5) is 10.1 Å². The molecule has 4 aromatic rings. The average Bonchev–Trinajstić information content (AvgIpc) is 3.04. The third-order valence-corrected chi connectivity index (χ3v) is 4.53. The van der Waals surface area contributed by atoms with Gasteiger partial charge in [-0.3, -0.25) is 9.59 Å². The molecule has 28 heavy (non-hydrogen) atoms. The largest absolute Gasteiger partial charge is 0.452 e. The summed E-state index contributed by atoms with van der Waals surface area (Å²) in [5.74, 6) is -0.828. The molecule has 0 atom stereocenters. The molecule has 0 saturated carbocycles. The second-order valence-corrected chi connectivity index (χ2v) is 6.43. The first-order valence-electron chi connectivity index (χ1n) is 8.73. The molecule has 3 aromatic carbocycles. The van der Waals surface area contributed by atoms with E-state index < -0.39 is 11.7 Å². The van der Waals surface area contributed by atoms with Gasteiger partial charge in [0.15, 0.2) is 5.76 Å². The number of fused-ring (bicyclic) bond motifs is 1. The summed E-state index contributed by atoms with van der Waals surface area (Å²) in [6, 6.07) is 19.5. The Morgan fingerprint density at radius 3 is 2.39 bits per heavy atom. The minimum Gasteiger partial charge on any atom is -0.452 e. The Bertz CT molecular complexity index is 1200. The molecule has 1 aromatic heterocycles. The summed E-state index contributed by atoms with van der Waals surface area (Å²) in [5, 5.41) is 3.51. The molecule has 1 N–H and O–H groups in total. The summed E-state index contributed by atoms with van der Waals surface area (Å²) in [5.41, 5.74) is 2.50. The second kappa shape index (κ2) is 7.12. The van der Waals surface area contributed by atoms with Gasteiger partial charge in [0.25, 0.3) is 5.91 Å². The number of hydrogen-bond acceptors (Lipinski definition) is 3. The molecule has 138 valence electrons. The highest BCUT2D eigenvalue weighted by atomic mass is 19.1. The number of carbonyl (C=O) groups excluding carboxylic acids is 2. The van der Waals surface area contributed by atoms with E-state index in [0.29, 0.717) is 16.8 Å². The van der Waals surface area contributed by atoms with Crippen LogP contribution in [-0.4, -0.2) is 11.7 Å². The Balaban J connectivity index is 1.65. The fourth-order valence-electron chi connectivity index (χ4n) is 3.07.